The van der Waals surface area contributed by atoms with Gasteiger partial charge in [-0.25, -0.2) is 8.42 Å². The van der Waals surface area contributed by atoms with Crippen molar-refractivity contribution in [2.24, 2.45) is 5.73 Å². The average molecular weight is 291 g/mol. The predicted molar refractivity (Wildman–Crippen MR) is 75.7 cm³/mol. The van der Waals surface area contributed by atoms with E-state index in [1.54, 1.807) is 0 Å². The summed E-state index contributed by atoms with van der Waals surface area (Å²) in [4.78, 5) is 11.2. The topological polar surface area (TPSA) is 129 Å². The highest BCUT2D eigenvalue weighted by Crippen LogP contribution is 2.24. The summed E-state index contributed by atoms with van der Waals surface area (Å²) in [6.07, 6.45) is 0. The monoisotopic (exact) mass is 291 g/mol. The first-order valence-electron chi connectivity index (χ1n) is 5.62. The molecular weight excluding hydrogens is 278 g/mol. The molecule has 7 heteroatoms. The molecule has 0 atom stereocenters. The Balaban J connectivity index is 2.58. The summed E-state index contributed by atoms with van der Waals surface area (Å²) < 4.78 is 24.8. The Morgan fingerprint density at radius 2 is 1.45 bits per heavy atom. The van der Waals surface area contributed by atoms with Crippen molar-refractivity contribution in [1.29, 1.82) is 0 Å². The average Bonchev–Trinajstić information content (AvgIpc) is 2.39. The fourth-order valence-corrected chi connectivity index (χ4v) is 2.99. The molecule has 6 N–H and O–H groups in total. The normalized spacial score (nSPS) is 11.2. The van der Waals surface area contributed by atoms with Gasteiger partial charge in [0.2, 0.25) is 9.84 Å². The van der Waals surface area contributed by atoms with Crippen LogP contribution in [0.4, 0.5) is 11.4 Å². The Morgan fingerprint density at radius 3 is 2.00 bits per heavy atom. The molecule has 1 amide bonds. The van der Waals surface area contributed by atoms with Gasteiger partial charge in [0.05, 0.1) is 15.4 Å². The zero-order valence-corrected chi connectivity index (χ0v) is 11.2. The van der Waals surface area contributed by atoms with E-state index < -0.39 is 15.7 Å². The number of sulfone groups is 1. The fourth-order valence-electron chi connectivity index (χ4n) is 1.70. The quantitative estimate of drug-likeness (QED) is 0.720. The summed E-state index contributed by atoms with van der Waals surface area (Å²) >= 11 is 0. The first kappa shape index (κ1) is 13.9. The van der Waals surface area contributed by atoms with Crippen molar-refractivity contribution in [3.8, 4) is 0 Å². The van der Waals surface area contributed by atoms with E-state index in [9.17, 15) is 13.2 Å². The molecule has 0 saturated carbocycles. The van der Waals surface area contributed by atoms with E-state index in [4.69, 9.17) is 17.2 Å². The van der Waals surface area contributed by atoms with E-state index in [2.05, 4.69) is 0 Å². The highest BCUT2D eigenvalue weighted by Gasteiger charge is 2.19. The Kier molecular flexibility index (Phi) is 3.37. The maximum absolute atomic E-state index is 12.4. The predicted octanol–water partition coefficient (Wildman–Crippen LogP) is 0.783. The summed E-state index contributed by atoms with van der Waals surface area (Å²) in [5.41, 5.74) is 16.8. The molecule has 0 aliphatic carbocycles. The number of nitrogen functional groups attached to an aromatic ring is 2. The maximum Gasteiger partial charge on any atom is 0.250 e. The Hall–Kier alpha value is -2.54. The molecule has 0 aliphatic heterocycles. The number of nitrogens with two attached hydrogens (primary N) is 3. The van der Waals surface area contributed by atoms with E-state index in [-0.39, 0.29) is 21.0 Å². The first-order chi connectivity index (χ1) is 9.32. The van der Waals surface area contributed by atoms with E-state index >= 15 is 0 Å². The van der Waals surface area contributed by atoms with E-state index in [0.29, 0.717) is 5.69 Å². The number of anilines is 2. The van der Waals surface area contributed by atoms with Gasteiger partial charge in [0.15, 0.2) is 0 Å². The molecule has 6 nitrogen and oxygen atoms in total. The van der Waals surface area contributed by atoms with Crippen molar-refractivity contribution < 1.29 is 13.2 Å². The largest absolute Gasteiger partial charge is 0.399 e. The van der Waals surface area contributed by atoms with Gasteiger partial charge < -0.3 is 17.2 Å². The summed E-state index contributed by atoms with van der Waals surface area (Å²) in [6, 6.07) is 9.59. The van der Waals surface area contributed by atoms with Crippen LogP contribution in [0.15, 0.2) is 52.3 Å². The standard InChI is InChI=1S/C13H13N3O3S/c14-8-1-3-9(4-2-8)20(18,19)10-5-6-12(15)11(7-10)13(16)17/h1-7H,14-15H2,(H2,16,17). The van der Waals surface area contributed by atoms with E-state index in [1.807, 2.05) is 0 Å². The Labute approximate surface area is 116 Å². The zero-order chi connectivity index (χ0) is 14.9. The van der Waals surface area contributed by atoms with Gasteiger partial charge in [-0.15, -0.1) is 0 Å². The minimum atomic E-state index is -3.75. The molecule has 0 heterocycles. The second kappa shape index (κ2) is 4.86. The van der Waals surface area contributed by atoms with Crippen LogP contribution >= 0.6 is 0 Å². The van der Waals surface area contributed by atoms with E-state index in [1.165, 1.54) is 42.5 Å². The molecule has 0 radical (unpaired) electrons. The highest BCUT2D eigenvalue weighted by atomic mass is 32.2. The van der Waals surface area contributed by atoms with Gasteiger partial charge in [-0.1, -0.05) is 0 Å². The van der Waals surface area contributed by atoms with Gasteiger partial charge in [-0.2, -0.15) is 0 Å². The smallest absolute Gasteiger partial charge is 0.250 e. The Bertz CT molecular complexity index is 768. The van der Waals surface area contributed by atoms with Crippen molar-refractivity contribution in [3.63, 3.8) is 0 Å². The molecule has 0 fully saturated rings. The number of hydrogen-bond acceptors (Lipinski definition) is 5. The van der Waals surface area contributed by atoms with Crippen molar-refractivity contribution in [2.45, 2.75) is 9.79 Å². The maximum atomic E-state index is 12.4. The van der Waals surface area contributed by atoms with Gasteiger partial charge in [0.1, 0.15) is 0 Å². The Morgan fingerprint density at radius 1 is 0.900 bits per heavy atom. The van der Waals surface area contributed by atoms with Crippen LogP contribution in [0.25, 0.3) is 0 Å². The van der Waals surface area contributed by atoms with Crippen LogP contribution in [-0.4, -0.2) is 14.3 Å². The fraction of sp³-hybridized carbons (Fsp3) is 0. The summed E-state index contributed by atoms with van der Waals surface area (Å²) in [5, 5.41) is 0. The van der Waals surface area contributed by atoms with Crippen LogP contribution < -0.4 is 17.2 Å². The van der Waals surface area contributed by atoms with Crippen LogP contribution in [-0.2, 0) is 9.84 Å². The zero-order valence-electron chi connectivity index (χ0n) is 10.4. The third-order valence-corrected chi connectivity index (χ3v) is 4.56. The number of rotatable bonds is 3. The van der Waals surface area contributed by atoms with Crippen LogP contribution in [0, 0.1) is 0 Å². The second-order valence-corrected chi connectivity index (χ2v) is 6.14. The number of carbonyl (C=O) groups is 1. The van der Waals surface area contributed by atoms with Crippen LogP contribution in [0.2, 0.25) is 0 Å². The number of amides is 1. The van der Waals surface area contributed by atoms with Crippen molar-refractivity contribution >= 4 is 27.1 Å². The van der Waals surface area contributed by atoms with Gasteiger partial charge in [0, 0.05) is 11.4 Å². The molecule has 0 spiro atoms. The summed E-state index contributed by atoms with van der Waals surface area (Å²) in [7, 11) is -3.75. The molecule has 2 aromatic rings. The van der Waals surface area contributed by atoms with Crippen molar-refractivity contribution in [2.75, 3.05) is 11.5 Å². The number of primary amides is 1. The molecule has 2 aromatic carbocycles. The second-order valence-electron chi connectivity index (χ2n) is 4.19. The molecule has 0 unspecified atom stereocenters. The molecule has 2 rings (SSSR count). The lowest BCUT2D eigenvalue weighted by Crippen LogP contribution is -2.14. The number of hydrogen-bond donors (Lipinski definition) is 3. The van der Waals surface area contributed by atoms with Crippen molar-refractivity contribution in [3.05, 3.63) is 48.0 Å². The highest BCUT2D eigenvalue weighted by molar-refractivity contribution is 7.91. The number of benzene rings is 2. The summed E-state index contributed by atoms with van der Waals surface area (Å²) in [5.74, 6) is -0.781. The van der Waals surface area contributed by atoms with Crippen LogP contribution in [0.5, 0.6) is 0 Å². The lowest BCUT2D eigenvalue weighted by Gasteiger charge is -2.08. The molecule has 0 bridgehead atoms. The van der Waals surface area contributed by atoms with Gasteiger partial charge in [0.25, 0.3) is 5.91 Å². The molecule has 0 aliphatic rings. The summed E-state index contributed by atoms with van der Waals surface area (Å²) in [6.45, 7) is 0. The molecule has 0 saturated heterocycles. The lowest BCUT2D eigenvalue weighted by molar-refractivity contribution is 0.100. The number of carbonyl (C=O) groups excluding carboxylic acids is 1. The van der Waals surface area contributed by atoms with E-state index in [0.717, 1.165) is 0 Å². The van der Waals surface area contributed by atoms with Gasteiger partial charge in [-0.05, 0) is 42.5 Å². The lowest BCUT2D eigenvalue weighted by atomic mass is 10.2. The third-order valence-electron chi connectivity index (χ3n) is 2.79. The minimum absolute atomic E-state index is 0.0264. The molecule has 104 valence electrons. The van der Waals surface area contributed by atoms with Gasteiger partial charge in [-0.3, -0.25) is 4.79 Å². The minimum Gasteiger partial charge on any atom is -0.399 e. The van der Waals surface area contributed by atoms with Crippen molar-refractivity contribution in [1.82, 2.24) is 0 Å². The van der Waals surface area contributed by atoms with Crippen LogP contribution in [0.1, 0.15) is 10.4 Å². The molecular formula is C13H13N3O3S. The van der Waals surface area contributed by atoms with Crippen LogP contribution in [0.3, 0.4) is 0 Å². The third kappa shape index (κ3) is 2.43. The first-order valence-corrected chi connectivity index (χ1v) is 7.10. The molecule has 0 aromatic heterocycles. The van der Waals surface area contributed by atoms with Gasteiger partial charge >= 0.3 is 0 Å². The SMILES string of the molecule is NC(=O)c1cc(S(=O)(=O)c2ccc(N)cc2)ccc1N. The molecule has 20 heavy (non-hydrogen) atoms.